The Bertz CT molecular complexity index is 506. The van der Waals surface area contributed by atoms with Crippen LogP contribution in [0.5, 0.6) is 0 Å². The summed E-state index contributed by atoms with van der Waals surface area (Å²) < 4.78 is 5.43. The smallest absolute Gasteiger partial charge is 0.411 e. The molecule has 0 saturated carbocycles. The third-order valence-corrected chi connectivity index (χ3v) is 3.08. The van der Waals surface area contributed by atoms with Crippen LogP contribution in [-0.4, -0.2) is 28.5 Å². The van der Waals surface area contributed by atoms with Gasteiger partial charge >= 0.3 is 6.09 Å². The van der Waals surface area contributed by atoms with Gasteiger partial charge in [0.05, 0.1) is 0 Å². The summed E-state index contributed by atoms with van der Waals surface area (Å²) in [4.78, 5) is 25.7. The first-order valence-corrected chi connectivity index (χ1v) is 7.44. The van der Waals surface area contributed by atoms with Gasteiger partial charge in [0.2, 0.25) is 5.91 Å². The predicted octanol–water partition coefficient (Wildman–Crippen LogP) is 2.93. The monoisotopic (exact) mass is 306 g/mol. The minimum atomic E-state index is -0.713. The summed E-state index contributed by atoms with van der Waals surface area (Å²) in [5.74, 6) is -0.634. The molecular weight excluding hydrogens is 280 g/mol. The molecule has 0 aliphatic rings. The summed E-state index contributed by atoms with van der Waals surface area (Å²) in [6.07, 6.45) is -0.533. The normalized spacial score (nSPS) is 12.8. The third-order valence-electron chi connectivity index (χ3n) is 3.08. The van der Waals surface area contributed by atoms with Crippen molar-refractivity contribution in [3.05, 3.63) is 35.9 Å². The zero-order chi connectivity index (χ0) is 16.9. The van der Waals surface area contributed by atoms with Crippen molar-refractivity contribution in [1.29, 1.82) is 0 Å². The topological polar surface area (TPSA) is 72.6 Å². The summed E-state index contributed by atoms with van der Waals surface area (Å²) >= 11 is 0. The van der Waals surface area contributed by atoms with Gasteiger partial charge in [-0.15, -0.1) is 0 Å². The molecule has 22 heavy (non-hydrogen) atoms. The molecule has 0 heterocycles. The molecule has 0 aliphatic heterocycles. The number of carbonyl (C=O) groups is 2. The van der Waals surface area contributed by atoms with Crippen molar-refractivity contribution < 1.29 is 14.3 Å². The van der Waals surface area contributed by atoms with Crippen LogP contribution in [0.3, 0.4) is 0 Å². The Balaban J connectivity index is 3.08. The van der Waals surface area contributed by atoms with E-state index in [1.165, 1.54) is 4.90 Å². The van der Waals surface area contributed by atoms with Gasteiger partial charge in [-0.25, -0.2) is 4.79 Å². The SMILES string of the molecule is CC(C)[C@@H](C(N)=O)N(Cc1ccccc1)C(=O)OC(C)(C)C. The van der Waals surface area contributed by atoms with E-state index in [9.17, 15) is 9.59 Å². The summed E-state index contributed by atoms with van der Waals surface area (Å²) in [7, 11) is 0. The summed E-state index contributed by atoms with van der Waals surface area (Å²) in [6.45, 7) is 9.37. The summed E-state index contributed by atoms with van der Waals surface area (Å²) in [5.41, 5.74) is 5.79. The van der Waals surface area contributed by atoms with Crippen molar-refractivity contribution in [2.24, 2.45) is 11.7 Å². The molecule has 0 aliphatic carbocycles. The van der Waals surface area contributed by atoms with Crippen LogP contribution >= 0.6 is 0 Å². The highest BCUT2D eigenvalue weighted by Gasteiger charge is 2.33. The minimum absolute atomic E-state index is 0.103. The lowest BCUT2D eigenvalue weighted by molar-refractivity contribution is -0.125. The van der Waals surface area contributed by atoms with Crippen LogP contribution < -0.4 is 5.73 Å². The maximum atomic E-state index is 12.5. The number of primary amides is 1. The van der Waals surface area contributed by atoms with Crippen LogP contribution in [0.1, 0.15) is 40.2 Å². The summed E-state index contributed by atoms with van der Waals surface area (Å²) in [5, 5.41) is 0. The largest absolute Gasteiger partial charge is 0.444 e. The minimum Gasteiger partial charge on any atom is -0.444 e. The van der Waals surface area contributed by atoms with Crippen molar-refractivity contribution in [2.45, 2.75) is 52.8 Å². The number of rotatable bonds is 5. The molecule has 0 aromatic heterocycles. The number of ether oxygens (including phenoxy) is 1. The first kappa shape index (κ1) is 18.0. The average Bonchev–Trinajstić information content (AvgIpc) is 2.36. The van der Waals surface area contributed by atoms with E-state index in [0.717, 1.165) is 5.56 Å². The first-order valence-electron chi connectivity index (χ1n) is 7.44. The fourth-order valence-electron chi connectivity index (χ4n) is 2.22. The van der Waals surface area contributed by atoms with Gasteiger partial charge in [0, 0.05) is 6.54 Å². The molecule has 0 fully saturated rings. The number of nitrogens with two attached hydrogens (primary N) is 1. The molecule has 1 atom stereocenters. The Labute approximate surface area is 132 Å². The number of carbonyl (C=O) groups excluding carboxylic acids is 2. The number of benzene rings is 1. The van der Waals surface area contributed by atoms with Gasteiger partial charge in [-0.05, 0) is 32.3 Å². The van der Waals surface area contributed by atoms with E-state index in [1.807, 2.05) is 44.2 Å². The molecule has 5 nitrogen and oxygen atoms in total. The van der Waals surface area contributed by atoms with Gasteiger partial charge in [0.15, 0.2) is 0 Å². The van der Waals surface area contributed by atoms with E-state index in [1.54, 1.807) is 20.8 Å². The van der Waals surface area contributed by atoms with Crippen molar-refractivity contribution >= 4 is 12.0 Å². The van der Waals surface area contributed by atoms with E-state index < -0.39 is 23.6 Å². The highest BCUT2D eigenvalue weighted by atomic mass is 16.6. The lowest BCUT2D eigenvalue weighted by Gasteiger charge is -2.34. The van der Waals surface area contributed by atoms with Gasteiger partial charge in [-0.1, -0.05) is 44.2 Å². The Hall–Kier alpha value is -2.04. The Morgan fingerprint density at radius 3 is 2.14 bits per heavy atom. The van der Waals surface area contributed by atoms with Crippen LogP contribution in [0.25, 0.3) is 0 Å². The number of hydrogen-bond acceptors (Lipinski definition) is 3. The zero-order valence-electron chi connectivity index (χ0n) is 14.0. The first-order chi connectivity index (χ1) is 10.1. The second-order valence-corrected chi connectivity index (χ2v) is 6.69. The van der Waals surface area contributed by atoms with Crippen molar-refractivity contribution in [2.75, 3.05) is 0 Å². The molecule has 0 radical (unpaired) electrons. The fourth-order valence-corrected chi connectivity index (χ4v) is 2.22. The quantitative estimate of drug-likeness (QED) is 0.909. The predicted molar refractivity (Wildman–Crippen MR) is 86.0 cm³/mol. The number of hydrogen-bond donors (Lipinski definition) is 1. The standard InChI is InChI=1S/C17H26N2O3/c1-12(2)14(15(18)20)19(16(21)22-17(3,4)5)11-13-9-7-6-8-10-13/h6-10,12,14H,11H2,1-5H3,(H2,18,20)/t14-/m0/s1. The number of nitrogens with zero attached hydrogens (tertiary/aromatic N) is 1. The van der Waals surface area contributed by atoms with Crippen LogP contribution in [-0.2, 0) is 16.1 Å². The number of amides is 2. The Morgan fingerprint density at radius 1 is 1.18 bits per heavy atom. The third kappa shape index (κ3) is 5.39. The van der Waals surface area contributed by atoms with Crippen LogP contribution in [0, 0.1) is 5.92 Å². The van der Waals surface area contributed by atoms with E-state index >= 15 is 0 Å². The lowest BCUT2D eigenvalue weighted by Crippen LogP contribution is -2.51. The maximum Gasteiger partial charge on any atom is 0.411 e. The molecule has 0 unspecified atom stereocenters. The average molecular weight is 306 g/mol. The molecule has 1 aromatic carbocycles. The van der Waals surface area contributed by atoms with Gasteiger partial charge < -0.3 is 10.5 Å². The van der Waals surface area contributed by atoms with Gasteiger partial charge in [0.1, 0.15) is 11.6 Å². The van der Waals surface area contributed by atoms with Gasteiger partial charge in [-0.2, -0.15) is 0 Å². The fraction of sp³-hybridized carbons (Fsp3) is 0.529. The Kier molecular flexibility index (Phi) is 5.97. The van der Waals surface area contributed by atoms with E-state index in [4.69, 9.17) is 10.5 Å². The molecule has 5 heteroatoms. The van der Waals surface area contributed by atoms with E-state index in [0.29, 0.717) is 0 Å². The van der Waals surface area contributed by atoms with E-state index in [2.05, 4.69) is 0 Å². The molecule has 2 N–H and O–H groups in total. The van der Waals surface area contributed by atoms with Gasteiger partial charge in [0.25, 0.3) is 0 Å². The van der Waals surface area contributed by atoms with Crippen molar-refractivity contribution in [3.63, 3.8) is 0 Å². The molecule has 0 bridgehead atoms. The molecular formula is C17H26N2O3. The van der Waals surface area contributed by atoms with Crippen molar-refractivity contribution in [3.8, 4) is 0 Å². The van der Waals surface area contributed by atoms with Crippen molar-refractivity contribution in [1.82, 2.24) is 4.90 Å². The molecule has 122 valence electrons. The molecule has 1 aromatic rings. The molecule has 0 saturated heterocycles. The molecule has 1 rings (SSSR count). The molecule has 2 amide bonds. The van der Waals surface area contributed by atoms with Gasteiger partial charge in [-0.3, -0.25) is 9.69 Å². The van der Waals surface area contributed by atoms with E-state index in [-0.39, 0.29) is 12.5 Å². The summed E-state index contributed by atoms with van der Waals surface area (Å²) in [6, 6.07) is 8.75. The maximum absolute atomic E-state index is 12.5. The molecule has 0 spiro atoms. The zero-order valence-corrected chi connectivity index (χ0v) is 14.0. The lowest BCUT2D eigenvalue weighted by atomic mass is 10.0. The van der Waals surface area contributed by atoms with Crippen LogP contribution in [0.2, 0.25) is 0 Å². The van der Waals surface area contributed by atoms with Crippen LogP contribution in [0.15, 0.2) is 30.3 Å². The highest BCUT2D eigenvalue weighted by Crippen LogP contribution is 2.19. The van der Waals surface area contributed by atoms with Crippen LogP contribution in [0.4, 0.5) is 4.79 Å². The second kappa shape index (κ2) is 7.29. The Morgan fingerprint density at radius 2 is 1.73 bits per heavy atom. The highest BCUT2D eigenvalue weighted by molar-refractivity contribution is 5.84. The second-order valence-electron chi connectivity index (χ2n) is 6.69.